The van der Waals surface area contributed by atoms with Gasteiger partial charge in [-0.05, 0) is 30.3 Å². The lowest BCUT2D eigenvalue weighted by atomic mass is 10.2. The van der Waals surface area contributed by atoms with Crippen molar-refractivity contribution in [2.45, 2.75) is 23.3 Å². The first-order chi connectivity index (χ1) is 10.8. The second-order valence-corrected chi connectivity index (χ2v) is 7.40. The van der Waals surface area contributed by atoms with E-state index < -0.39 is 15.9 Å². The number of nitrogens with one attached hydrogen (secondary N) is 3. The topological polar surface area (TPSA) is 53.2 Å². The Morgan fingerprint density at radius 1 is 1.26 bits per heavy atom. The normalized spacial score (nSPS) is 12.7. The predicted molar refractivity (Wildman–Crippen MR) is 102 cm³/mol. The first kappa shape index (κ1) is 20.0. The molecule has 0 aliphatic carbocycles. The van der Waals surface area contributed by atoms with Gasteiger partial charge in [-0.25, -0.2) is 0 Å². The summed E-state index contributed by atoms with van der Waals surface area (Å²) >= 11 is 22.7. The van der Waals surface area contributed by atoms with Crippen molar-refractivity contribution in [1.82, 2.24) is 16.0 Å². The summed E-state index contributed by atoms with van der Waals surface area (Å²) in [6.45, 7) is 2.68. The van der Waals surface area contributed by atoms with Crippen LogP contribution in [-0.2, 0) is 4.79 Å². The van der Waals surface area contributed by atoms with Crippen molar-refractivity contribution in [3.05, 3.63) is 42.0 Å². The van der Waals surface area contributed by atoms with Gasteiger partial charge in [0, 0.05) is 12.6 Å². The third-order valence-corrected chi connectivity index (χ3v) is 3.57. The monoisotopic (exact) mass is 393 g/mol. The summed E-state index contributed by atoms with van der Waals surface area (Å²) in [5.74, 6) is -0.407. The van der Waals surface area contributed by atoms with Gasteiger partial charge in [-0.1, -0.05) is 72.1 Å². The fourth-order valence-electron chi connectivity index (χ4n) is 1.55. The van der Waals surface area contributed by atoms with E-state index >= 15 is 0 Å². The van der Waals surface area contributed by atoms with Crippen LogP contribution in [0.3, 0.4) is 0 Å². The van der Waals surface area contributed by atoms with Crippen LogP contribution in [0.25, 0.3) is 6.08 Å². The van der Waals surface area contributed by atoms with Crippen LogP contribution in [0.1, 0.15) is 18.9 Å². The highest BCUT2D eigenvalue weighted by atomic mass is 35.6. The molecule has 1 amide bonds. The molecule has 0 radical (unpaired) electrons. The molecule has 0 aliphatic rings. The zero-order chi connectivity index (χ0) is 17.3. The van der Waals surface area contributed by atoms with Crippen molar-refractivity contribution < 1.29 is 4.79 Å². The summed E-state index contributed by atoms with van der Waals surface area (Å²) in [6.07, 6.45) is 2.96. The fourth-order valence-corrected chi connectivity index (χ4v) is 2.09. The Labute approximate surface area is 156 Å². The largest absolute Gasteiger partial charge is 0.363 e. The van der Waals surface area contributed by atoms with Gasteiger partial charge in [0.05, 0.1) is 0 Å². The van der Waals surface area contributed by atoms with Gasteiger partial charge in [-0.3, -0.25) is 4.79 Å². The van der Waals surface area contributed by atoms with Crippen LogP contribution in [0.4, 0.5) is 0 Å². The van der Waals surface area contributed by atoms with E-state index in [1.807, 2.05) is 37.3 Å². The summed E-state index contributed by atoms with van der Waals surface area (Å²) in [5.41, 5.74) is 0.890. The van der Waals surface area contributed by atoms with Crippen molar-refractivity contribution in [2.75, 3.05) is 6.54 Å². The summed E-state index contributed by atoms with van der Waals surface area (Å²) in [4.78, 5) is 12.0. The number of alkyl halides is 3. The number of carbonyl (C=O) groups excluding carboxylic acids is 1. The molecule has 0 fully saturated rings. The maximum atomic E-state index is 12.0. The molecule has 1 aromatic rings. The van der Waals surface area contributed by atoms with Gasteiger partial charge in [0.2, 0.25) is 9.70 Å². The first-order valence-corrected chi connectivity index (χ1v) is 8.52. The van der Waals surface area contributed by atoms with E-state index in [4.69, 9.17) is 47.0 Å². The average Bonchev–Trinajstić information content (AvgIpc) is 2.50. The molecule has 0 aromatic heterocycles. The van der Waals surface area contributed by atoms with Gasteiger partial charge in [0.15, 0.2) is 5.11 Å². The van der Waals surface area contributed by atoms with Crippen LogP contribution >= 0.6 is 47.0 Å². The summed E-state index contributed by atoms with van der Waals surface area (Å²) < 4.78 is -1.76. The van der Waals surface area contributed by atoms with E-state index in [1.54, 1.807) is 6.08 Å². The number of halogens is 3. The second-order valence-electron chi connectivity index (χ2n) is 4.63. The number of thiocarbonyl (C=S) groups is 1. The Morgan fingerprint density at radius 2 is 1.91 bits per heavy atom. The van der Waals surface area contributed by atoms with Crippen LogP contribution in [0.15, 0.2) is 36.4 Å². The van der Waals surface area contributed by atoms with Crippen LogP contribution in [0.5, 0.6) is 0 Å². The molecule has 0 spiro atoms. The first-order valence-electron chi connectivity index (χ1n) is 6.97. The van der Waals surface area contributed by atoms with E-state index in [0.29, 0.717) is 11.7 Å². The standard InChI is InChI=1S/C15H18Cl3N3OS/c1-2-10-19-14(23)21-13(15(16,17)18)20-12(22)9-8-11-6-4-3-5-7-11/h3-9,13H,2,10H2,1H3,(H,20,22)(H2,19,21,23)/b9-8+. The average molecular weight is 395 g/mol. The van der Waals surface area contributed by atoms with Gasteiger partial charge in [0.1, 0.15) is 6.17 Å². The molecule has 1 unspecified atom stereocenters. The number of benzene rings is 1. The molecule has 4 nitrogen and oxygen atoms in total. The molecule has 0 bridgehead atoms. The zero-order valence-corrected chi connectivity index (χ0v) is 15.6. The Bertz CT molecular complexity index is 547. The minimum Gasteiger partial charge on any atom is -0.363 e. The van der Waals surface area contributed by atoms with Crippen molar-refractivity contribution in [3.63, 3.8) is 0 Å². The minimum absolute atomic E-state index is 0.301. The lowest BCUT2D eigenvalue weighted by Crippen LogP contribution is -2.57. The molecule has 1 atom stereocenters. The molecule has 0 heterocycles. The molecule has 0 aliphatic heterocycles. The maximum Gasteiger partial charge on any atom is 0.245 e. The van der Waals surface area contributed by atoms with Gasteiger partial charge in [-0.15, -0.1) is 0 Å². The Morgan fingerprint density at radius 3 is 2.48 bits per heavy atom. The Hall–Kier alpha value is -1.01. The molecule has 3 N–H and O–H groups in total. The number of hydrogen-bond donors (Lipinski definition) is 3. The fraction of sp³-hybridized carbons (Fsp3) is 0.333. The van der Waals surface area contributed by atoms with Gasteiger partial charge in [0.25, 0.3) is 0 Å². The third-order valence-electron chi connectivity index (χ3n) is 2.65. The highest BCUT2D eigenvalue weighted by Crippen LogP contribution is 2.29. The molecule has 0 saturated heterocycles. The van der Waals surface area contributed by atoms with Crippen molar-refractivity contribution >= 4 is 64.1 Å². The van der Waals surface area contributed by atoms with E-state index in [0.717, 1.165) is 12.0 Å². The van der Waals surface area contributed by atoms with Crippen LogP contribution in [0.2, 0.25) is 0 Å². The summed E-state index contributed by atoms with van der Waals surface area (Å²) in [7, 11) is 0. The molecule has 0 saturated carbocycles. The second kappa shape index (κ2) is 9.98. The van der Waals surface area contributed by atoms with E-state index in [2.05, 4.69) is 16.0 Å². The number of carbonyl (C=O) groups is 1. The predicted octanol–water partition coefficient (Wildman–Crippen LogP) is 3.39. The summed E-state index contributed by atoms with van der Waals surface area (Å²) in [5, 5.41) is 8.60. The molecule has 1 rings (SSSR count). The molecular formula is C15H18Cl3N3OS. The Kier molecular flexibility index (Phi) is 8.69. The SMILES string of the molecule is CCCNC(=S)NC(NC(=O)/C=C/c1ccccc1)C(Cl)(Cl)Cl. The molecule has 8 heteroatoms. The highest BCUT2D eigenvalue weighted by molar-refractivity contribution is 7.80. The molecule has 126 valence electrons. The van der Waals surface area contributed by atoms with E-state index in [-0.39, 0.29) is 0 Å². The van der Waals surface area contributed by atoms with E-state index in [9.17, 15) is 4.79 Å². The quantitative estimate of drug-likeness (QED) is 0.300. The van der Waals surface area contributed by atoms with E-state index in [1.165, 1.54) is 6.08 Å². The molecule has 1 aromatic carbocycles. The van der Waals surface area contributed by atoms with Gasteiger partial charge in [-0.2, -0.15) is 0 Å². The van der Waals surface area contributed by atoms with Crippen LogP contribution < -0.4 is 16.0 Å². The smallest absolute Gasteiger partial charge is 0.245 e. The summed E-state index contributed by atoms with van der Waals surface area (Å²) in [6, 6.07) is 9.39. The van der Waals surface area contributed by atoms with Crippen LogP contribution in [-0.4, -0.2) is 27.5 Å². The maximum absolute atomic E-state index is 12.0. The highest BCUT2D eigenvalue weighted by Gasteiger charge is 2.34. The zero-order valence-electron chi connectivity index (χ0n) is 12.5. The molecule has 23 heavy (non-hydrogen) atoms. The lowest BCUT2D eigenvalue weighted by molar-refractivity contribution is -0.117. The lowest BCUT2D eigenvalue weighted by Gasteiger charge is -2.27. The van der Waals surface area contributed by atoms with Gasteiger partial charge >= 0.3 is 0 Å². The van der Waals surface area contributed by atoms with Crippen molar-refractivity contribution in [3.8, 4) is 0 Å². The molecular weight excluding hydrogens is 377 g/mol. The number of rotatable bonds is 6. The van der Waals surface area contributed by atoms with Gasteiger partial charge < -0.3 is 16.0 Å². The van der Waals surface area contributed by atoms with Crippen molar-refractivity contribution in [1.29, 1.82) is 0 Å². The number of hydrogen-bond acceptors (Lipinski definition) is 2. The minimum atomic E-state index is -1.76. The van der Waals surface area contributed by atoms with Crippen LogP contribution in [0, 0.1) is 0 Å². The third kappa shape index (κ3) is 8.42. The van der Waals surface area contributed by atoms with Crippen molar-refractivity contribution in [2.24, 2.45) is 0 Å². The Balaban J connectivity index is 2.64. The number of amides is 1.